The van der Waals surface area contributed by atoms with Crippen molar-refractivity contribution in [1.82, 2.24) is 14.6 Å². The molecular weight excluding hydrogens is 238 g/mol. The van der Waals surface area contributed by atoms with Gasteiger partial charge in [-0.2, -0.15) is 4.31 Å². The zero-order chi connectivity index (χ0) is 12.3. The van der Waals surface area contributed by atoms with E-state index in [1.54, 1.807) is 28.8 Å². The maximum atomic E-state index is 12.2. The summed E-state index contributed by atoms with van der Waals surface area (Å²) in [7, 11) is -3.22. The van der Waals surface area contributed by atoms with E-state index in [1.165, 1.54) is 0 Å². The molecule has 0 aliphatic carbocycles. The van der Waals surface area contributed by atoms with Gasteiger partial charge >= 0.3 is 0 Å². The van der Waals surface area contributed by atoms with Gasteiger partial charge in [-0.3, -0.25) is 4.98 Å². The second-order valence-corrected chi connectivity index (χ2v) is 6.20. The van der Waals surface area contributed by atoms with Crippen LogP contribution in [0.1, 0.15) is 12.5 Å². The quantitative estimate of drug-likeness (QED) is 0.838. The number of nitrogens with zero attached hydrogens (tertiary/aromatic N) is 2. The summed E-state index contributed by atoms with van der Waals surface area (Å²) in [5.74, 6) is 0.0554. The van der Waals surface area contributed by atoms with Crippen LogP contribution < -0.4 is 5.32 Å². The minimum absolute atomic E-state index is 0.0237. The minimum Gasteiger partial charge on any atom is -0.314 e. The van der Waals surface area contributed by atoms with Crippen molar-refractivity contribution in [3.8, 4) is 0 Å². The lowest BCUT2D eigenvalue weighted by molar-refractivity contribution is 0.283. The Balaban J connectivity index is 2.13. The van der Waals surface area contributed by atoms with Crippen molar-refractivity contribution in [3.05, 3.63) is 30.1 Å². The molecule has 1 N–H and O–H groups in total. The van der Waals surface area contributed by atoms with Crippen molar-refractivity contribution >= 4 is 10.0 Å². The highest BCUT2D eigenvalue weighted by molar-refractivity contribution is 7.88. The smallest absolute Gasteiger partial charge is 0.218 e. The Kier molecular flexibility index (Phi) is 3.76. The van der Waals surface area contributed by atoms with Crippen LogP contribution in [0.3, 0.4) is 0 Å². The van der Waals surface area contributed by atoms with E-state index in [0.29, 0.717) is 6.54 Å². The molecule has 0 saturated carbocycles. The van der Waals surface area contributed by atoms with Crippen LogP contribution in [0.15, 0.2) is 24.5 Å². The first-order valence-electron chi connectivity index (χ1n) is 5.69. The first-order valence-corrected chi connectivity index (χ1v) is 7.29. The first kappa shape index (κ1) is 12.5. The zero-order valence-corrected chi connectivity index (χ0v) is 10.7. The topological polar surface area (TPSA) is 62.3 Å². The molecule has 1 aromatic heterocycles. The number of nitrogens with one attached hydrogen (secondary N) is 1. The molecule has 5 nitrogen and oxygen atoms in total. The molecule has 1 unspecified atom stereocenters. The lowest BCUT2D eigenvalue weighted by Crippen LogP contribution is -2.52. The predicted octanol–water partition coefficient (Wildman–Crippen LogP) is 0.205. The van der Waals surface area contributed by atoms with Gasteiger partial charge in [-0.25, -0.2) is 8.42 Å². The van der Waals surface area contributed by atoms with E-state index in [9.17, 15) is 8.42 Å². The Morgan fingerprint density at radius 2 is 2.18 bits per heavy atom. The number of aromatic nitrogens is 1. The number of pyridine rings is 1. The predicted molar refractivity (Wildman–Crippen MR) is 65.9 cm³/mol. The van der Waals surface area contributed by atoms with Gasteiger partial charge in [-0.15, -0.1) is 0 Å². The van der Waals surface area contributed by atoms with Crippen LogP contribution in [0.5, 0.6) is 0 Å². The average molecular weight is 255 g/mol. The second kappa shape index (κ2) is 5.12. The van der Waals surface area contributed by atoms with Crippen LogP contribution in [-0.2, 0) is 15.8 Å². The molecule has 1 aliphatic heterocycles. The first-order chi connectivity index (χ1) is 8.09. The summed E-state index contributed by atoms with van der Waals surface area (Å²) in [4.78, 5) is 3.88. The van der Waals surface area contributed by atoms with Crippen molar-refractivity contribution in [2.24, 2.45) is 0 Å². The lowest BCUT2D eigenvalue weighted by atomic mass is 10.3. The molecule has 1 atom stereocenters. The third kappa shape index (κ3) is 3.02. The molecule has 17 heavy (non-hydrogen) atoms. The highest BCUT2D eigenvalue weighted by Gasteiger charge is 2.29. The summed E-state index contributed by atoms with van der Waals surface area (Å²) in [6.07, 6.45) is 3.23. The van der Waals surface area contributed by atoms with Crippen LogP contribution >= 0.6 is 0 Å². The molecule has 1 aromatic rings. The van der Waals surface area contributed by atoms with Gasteiger partial charge in [-0.1, -0.05) is 0 Å². The Morgan fingerprint density at radius 1 is 1.47 bits per heavy atom. The van der Waals surface area contributed by atoms with Gasteiger partial charge in [0.2, 0.25) is 10.0 Å². The van der Waals surface area contributed by atoms with E-state index >= 15 is 0 Å². The molecule has 6 heteroatoms. The summed E-state index contributed by atoms with van der Waals surface area (Å²) in [6, 6.07) is 3.50. The fourth-order valence-electron chi connectivity index (χ4n) is 2.01. The molecule has 94 valence electrons. The van der Waals surface area contributed by atoms with E-state index < -0.39 is 10.0 Å². The SMILES string of the molecule is CC1CNCCN1S(=O)(=O)Cc1ccncc1. The monoisotopic (exact) mass is 255 g/mol. The van der Waals surface area contributed by atoms with Gasteiger partial charge in [0.1, 0.15) is 0 Å². The van der Waals surface area contributed by atoms with Crippen molar-refractivity contribution < 1.29 is 8.42 Å². The van der Waals surface area contributed by atoms with Crippen LogP contribution in [0.4, 0.5) is 0 Å². The molecule has 2 heterocycles. The number of piperazine rings is 1. The highest BCUT2D eigenvalue weighted by atomic mass is 32.2. The average Bonchev–Trinajstić information content (AvgIpc) is 2.30. The third-order valence-corrected chi connectivity index (χ3v) is 4.85. The molecule has 1 fully saturated rings. The summed E-state index contributed by atoms with van der Waals surface area (Å²) in [5.41, 5.74) is 0.783. The minimum atomic E-state index is -3.22. The highest BCUT2D eigenvalue weighted by Crippen LogP contribution is 2.14. The number of rotatable bonds is 3. The van der Waals surface area contributed by atoms with E-state index in [1.807, 2.05) is 6.92 Å². The van der Waals surface area contributed by atoms with Gasteiger partial charge in [-0.05, 0) is 24.6 Å². The fourth-order valence-corrected chi connectivity index (χ4v) is 3.78. The molecular formula is C11H17N3O2S. The Labute approximate surface area is 102 Å². The van der Waals surface area contributed by atoms with Crippen LogP contribution in [-0.4, -0.2) is 43.4 Å². The van der Waals surface area contributed by atoms with Crippen molar-refractivity contribution in [2.75, 3.05) is 19.6 Å². The Bertz CT molecular complexity index is 461. The van der Waals surface area contributed by atoms with Gasteiger partial charge < -0.3 is 5.32 Å². The van der Waals surface area contributed by atoms with Crippen molar-refractivity contribution in [1.29, 1.82) is 0 Å². The van der Waals surface area contributed by atoms with E-state index in [-0.39, 0.29) is 11.8 Å². The van der Waals surface area contributed by atoms with Gasteiger partial charge in [0.05, 0.1) is 5.75 Å². The summed E-state index contributed by atoms with van der Waals surface area (Å²) in [5, 5.41) is 3.18. The summed E-state index contributed by atoms with van der Waals surface area (Å²) >= 11 is 0. The molecule has 0 radical (unpaired) electrons. The van der Waals surface area contributed by atoms with Crippen LogP contribution in [0.2, 0.25) is 0 Å². The molecule has 0 spiro atoms. The van der Waals surface area contributed by atoms with E-state index in [4.69, 9.17) is 0 Å². The molecule has 0 amide bonds. The van der Waals surface area contributed by atoms with Crippen LogP contribution in [0, 0.1) is 0 Å². The van der Waals surface area contributed by atoms with Gasteiger partial charge in [0, 0.05) is 38.1 Å². The van der Waals surface area contributed by atoms with Crippen molar-refractivity contribution in [3.63, 3.8) is 0 Å². The molecule has 1 saturated heterocycles. The lowest BCUT2D eigenvalue weighted by Gasteiger charge is -2.32. The normalized spacial score (nSPS) is 22.5. The van der Waals surface area contributed by atoms with E-state index in [0.717, 1.165) is 18.7 Å². The zero-order valence-electron chi connectivity index (χ0n) is 9.83. The number of sulfonamides is 1. The number of hydrogen-bond acceptors (Lipinski definition) is 4. The van der Waals surface area contributed by atoms with Crippen molar-refractivity contribution in [2.45, 2.75) is 18.7 Å². The molecule has 1 aliphatic rings. The standard InChI is InChI=1S/C11H17N3O2S/c1-10-8-13-6-7-14(10)17(15,16)9-11-2-4-12-5-3-11/h2-5,10,13H,6-9H2,1H3. The maximum Gasteiger partial charge on any atom is 0.218 e. The largest absolute Gasteiger partial charge is 0.314 e. The maximum absolute atomic E-state index is 12.2. The Morgan fingerprint density at radius 3 is 2.82 bits per heavy atom. The molecule has 0 aromatic carbocycles. The Hall–Kier alpha value is -0.980. The summed E-state index contributed by atoms with van der Waals surface area (Å²) in [6.45, 7) is 3.92. The molecule has 0 bridgehead atoms. The number of hydrogen-bond donors (Lipinski definition) is 1. The third-order valence-electron chi connectivity index (χ3n) is 2.90. The van der Waals surface area contributed by atoms with Gasteiger partial charge in [0.25, 0.3) is 0 Å². The second-order valence-electron chi connectivity index (χ2n) is 4.28. The molecule has 2 rings (SSSR count). The van der Waals surface area contributed by atoms with E-state index in [2.05, 4.69) is 10.3 Å². The van der Waals surface area contributed by atoms with Crippen LogP contribution in [0.25, 0.3) is 0 Å². The fraction of sp³-hybridized carbons (Fsp3) is 0.545. The summed E-state index contributed by atoms with van der Waals surface area (Å²) < 4.78 is 26.1. The van der Waals surface area contributed by atoms with Gasteiger partial charge in [0.15, 0.2) is 0 Å².